The molecule has 1 rings (SSSR count). The van der Waals surface area contributed by atoms with E-state index in [9.17, 15) is 10.1 Å². The number of nitrogens with two attached hydrogens (primary N) is 3. The van der Waals surface area contributed by atoms with Crippen molar-refractivity contribution < 1.29 is 4.92 Å². The second-order valence-corrected chi connectivity index (χ2v) is 2.92. The molecular formula is C8H12N4O2. The highest BCUT2D eigenvalue weighted by Gasteiger charge is 2.14. The number of anilines is 1. The molecule has 1 atom stereocenters. The van der Waals surface area contributed by atoms with Crippen LogP contribution in [0.25, 0.3) is 0 Å². The second-order valence-electron chi connectivity index (χ2n) is 2.92. The fourth-order valence-electron chi connectivity index (χ4n) is 1.09. The fourth-order valence-corrected chi connectivity index (χ4v) is 1.09. The Morgan fingerprint density at radius 3 is 2.64 bits per heavy atom. The van der Waals surface area contributed by atoms with Gasteiger partial charge in [0, 0.05) is 18.7 Å². The van der Waals surface area contributed by atoms with E-state index in [1.165, 1.54) is 12.1 Å². The predicted octanol–water partition coefficient (Wildman–Crippen LogP) is 0.135. The number of nitro groups is 1. The van der Waals surface area contributed by atoms with Crippen LogP contribution in [0.15, 0.2) is 18.2 Å². The van der Waals surface area contributed by atoms with E-state index in [1.54, 1.807) is 6.07 Å². The summed E-state index contributed by atoms with van der Waals surface area (Å²) >= 11 is 0. The molecule has 0 saturated heterocycles. The van der Waals surface area contributed by atoms with Gasteiger partial charge in [0.1, 0.15) is 5.69 Å². The Morgan fingerprint density at radius 1 is 1.50 bits per heavy atom. The highest BCUT2D eigenvalue weighted by molar-refractivity contribution is 5.59. The quantitative estimate of drug-likeness (QED) is 0.360. The minimum Gasteiger partial charge on any atom is -0.393 e. The summed E-state index contributed by atoms with van der Waals surface area (Å²) in [5, 5.41) is 10.5. The highest BCUT2D eigenvalue weighted by Crippen LogP contribution is 2.24. The number of nitrogen functional groups attached to an aromatic ring is 1. The molecular weight excluding hydrogens is 184 g/mol. The van der Waals surface area contributed by atoms with Crippen molar-refractivity contribution in [1.82, 2.24) is 0 Å². The average molecular weight is 196 g/mol. The molecule has 0 spiro atoms. The molecule has 6 nitrogen and oxygen atoms in total. The van der Waals surface area contributed by atoms with Gasteiger partial charge in [-0.3, -0.25) is 10.1 Å². The van der Waals surface area contributed by atoms with Crippen molar-refractivity contribution in [3.63, 3.8) is 0 Å². The van der Waals surface area contributed by atoms with Crippen LogP contribution in [0.3, 0.4) is 0 Å². The van der Waals surface area contributed by atoms with E-state index in [0.717, 1.165) is 0 Å². The van der Waals surface area contributed by atoms with Gasteiger partial charge in [-0.25, -0.2) is 0 Å². The van der Waals surface area contributed by atoms with Crippen LogP contribution in [0.1, 0.15) is 11.6 Å². The molecule has 1 aromatic rings. The third-order valence-electron chi connectivity index (χ3n) is 1.93. The zero-order chi connectivity index (χ0) is 10.7. The van der Waals surface area contributed by atoms with Gasteiger partial charge in [-0.05, 0) is 11.6 Å². The van der Waals surface area contributed by atoms with Crippen molar-refractivity contribution in [3.05, 3.63) is 33.9 Å². The molecule has 76 valence electrons. The Kier molecular flexibility index (Phi) is 3.00. The van der Waals surface area contributed by atoms with Gasteiger partial charge >= 0.3 is 0 Å². The van der Waals surface area contributed by atoms with E-state index in [-0.39, 0.29) is 17.9 Å². The van der Waals surface area contributed by atoms with E-state index in [0.29, 0.717) is 5.56 Å². The first-order valence-corrected chi connectivity index (χ1v) is 4.05. The first-order chi connectivity index (χ1) is 6.56. The zero-order valence-corrected chi connectivity index (χ0v) is 7.51. The topological polar surface area (TPSA) is 121 Å². The molecule has 14 heavy (non-hydrogen) atoms. The van der Waals surface area contributed by atoms with Crippen molar-refractivity contribution in [2.45, 2.75) is 6.04 Å². The summed E-state index contributed by atoms with van der Waals surface area (Å²) in [6, 6.07) is 4.06. The van der Waals surface area contributed by atoms with Gasteiger partial charge in [0.05, 0.1) is 4.92 Å². The standard InChI is InChI=1S/C8H12N4O2/c9-4-7(11)5-1-2-6(10)8(3-5)12(13)14/h1-3,7H,4,9-11H2/t7-/m1/s1. The van der Waals surface area contributed by atoms with Crippen molar-refractivity contribution in [2.75, 3.05) is 12.3 Å². The summed E-state index contributed by atoms with van der Waals surface area (Å²) in [5.74, 6) is 0. The van der Waals surface area contributed by atoms with Gasteiger partial charge in [0.15, 0.2) is 0 Å². The van der Waals surface area contributed by atoms with Gasteiger partial charge in [0.2, 0.25) is 0 Å². The average Bonchev–Trinajstić information content (AvgIpc) is 2.17. The molecule has 0 heterocycles. The van der Waals surface area contributed by atoms with Gasteiger partial charge in [-0.15, -0.1) is 0 Å². The third kappa shape index (κ3) is 1.98. The maximum atomic E-state index is 10.5. The van der Waals surface area contributed by atoms with Crippen LogP contribution in [0.4, 0.5) is 11.4 Å². The Hall–Kier alpha value is -1.66. The summed E-state index contributed by atoms with van der Waals surface area (Å²) < 4.78 is 0. The van der Waals surface area contributed by atoms with Crippen LogP contribution in [0, 0.1) is 10.1 Å². The van der Waals surface area contributed by atoms with Crippen LogP contribution in [0.2, 0.25) is 0 Å². The van der Waals surface area contributed by atoms with E-state index < -0.39 is 11.0 Å². The zero-order valence-electron chi connectivity index (χ0n) is 7.51. The molecule has 0 radical (unpaired) electrons. The monoisotopic (exact) mass is 196 g/mol. The highest BCUT2D eigenvalue weighted by atomic mass is 16.6. The Bertz CT molecular complexity index is 353. The van der Waals surface area contributed by atoms with Crippen molar-refractivity contribution in [2.24, 2.45) is 11.5 Å². The molecule has 0 fully saturated rings. The van der Waals surface area contributed by atoms with Gasteiger partial charge < -0.3 is 17.2 Å². The largest absolute Gasteiger partial charge is 0.393 e. The molecule has 6 N–H and O–H groups in total. The number of benzene rings is 1. The van der Waals surface area contributed by atoms with Crippen LogP contribution < -0.4 is 17.2 Å². The lowest BCUT2D eigenvalue weighted by Crippen LogP contribution is -2.20. The van der Waals surface area contributed by atoms with Crippen molar-refractivity contribution >= 4 is 11.4 Å². The number of nitrogens with zero attached hydrogens (tertiary/aromatic N) is 1. The lowest BCUT2D eigenvalue weighted by molar-refractivity contribution is -0.384. The maximum absolute atomic E-state index is 10.5. The lowest BCUT2D eigenvalue weighted by Gasteiger charge is -2.08. The normalized spacial score (nSPS) is 12.4. The summed E-state index contributed by atoms with van der Waals surface area (Å²) in [4.78, 5) is 10.00. The molecule has 0 unspecified atom stereocenters. The van der Waals surface area contributed by atoms with E-state index >= 15 is 0 Å². The minimum absolute atomic E-state index is 0.128. The summed E-state index contributed by atoms with van der Waals surface area (Å²) in [7, 11) is 0. The minimum atomic E-state index is -0.540. The van der Waals surface area contributed by atoms with E-state index in [1.807, 2.05) is 0 Å². The van der Waals surface area contributed by atoms with Crippen LogP contribution in [-0.2, 0) is 0 Å². The van der Waals surface area contributed by atoms with Gasteiger partial charge in [0.25, 0.3) is 5.69 Å². The first kappa shape index (κ1) is 10.4. The molecule has 0 saturated carbocycles. The molecule has 0 aliphatic carbocycles. The number of hydrogen-bond acceptors (Lipinski definition) is 5. The smallest absolute Gasteiger partial charge is 0.292 e. The molecule has 0 amide bonds. The summed E-state index contributed by atoms with van der Waals surface area (Å²) in [6.45, 7) is 0.237. The second kappa shape index (κ2) is 4.03. The fraction of sp³-hybridized carbons (Fsp3) is 0.250. The molecule has 0 aromatic heterocycles. The van der Waals surface area contributed by atoms with Gasteiger partial charge in [-0.2, -0.15) is 0 Å². The molecule has 0 aliphatic rings. The van der Waals surface area contributed by atoms with E-state index in [4.69, 9.17) is 17.2 Å². The van der Waals surface area contributed by atoms with Crippen molar-refractivity contribution in [3.8, 4) is 0 Å². The first-order valence-electron chi connectivity index (χ1n) is 4.05. The number of nitro benzene ring substituents is 1. The molecule has 6 heteroatoms. The SMILES string of the molecule is NC[C@@H](N)c1ccc(N)c([N+](=O)[O-])c1. The lowest BCUT2D eigenvalue weighted by atomic mass is 10.1. The van der Waals surface area contributed by atoms with Crippen LogP contribution >= 0.6 is 0 Å². The maximum Gasteiger partial charge on any atom is 0.292 e. The predicted molar refractivity (Wildman–Crippen MR) is 53.5 cm³/mol. The number of rotatable bonds is 3. The Balaban J connectivity index is 3.12. The van der Waals surface area contributed by atoms with Gasteiger partial charge in [-0.1, -0.05) is 6.07 Å². The molecule has 0 aliphatic heterocycles. The summed E-state index contributed by atoms with van der Waals surface area (Å²) in [6.07, 6.45) is 0. The Morgan fingerprint density at radius 2 is 2.14 bits per heavy atom. The number of hydrogen-bond donors (Lipinski definition) is 3. The Labute approximate surface area is 80.8 Å². The van der Waals surface area contributed by atoms with Crippen LogP contribution in [-0.4, -0.2) is 11.5 Å². The van der Waals surface area contributed by atoms with Crippen molar-refractivity contribution in [1.29, 1.82) is 0 Å². The summed E-state index contributed by atoms with van der Waals surface area (Å²) in [5.41, 5.74) is 17.0. The van der Waals surface area contributed by atoms with E-state index in [2.05, 4.69) is 0 Å². The molecule has 1 aromatic carbocycles. The molecule has 0 bridgehead atoms. The van der Waals surface area contributed by atoms with Crippen LogP contribution in [0.5, 0.6) is 0 Å². The third-order valence-corrected chi connectivity index (χ3v) is 1.93.